The Morgan fingerprint density at radius 2 is 2.22 bits per heavy atom. The molecule has 0 aromatic carbocycles. The zero-order valence-corrected chi connectivity index (χ0v) is 5.37. The summed E-state index contributed by atoms with van der Waals surface area (Å²) in [6, 6.07) is 0. The molecule has 0 unspecified atom stereocenters. The molecule has 0 aliphatic heterocycles. The Bertz CT molecular complexity index is 134. The third kappa shape index (κ3) is 6.95. The first-order chi connectivity index (χ1) is 4.27. The maximum Gasteiger partial charge on any atom is 0.328 e. The van der Waals surface area contributed by atoms with Crippen LogP contribution in [0.1, 0.15) is 13.3 Å². The molecule has 0 aromatic heterocycles. The molecule has 0 aliphatic rings. The Balaban J connectivity index is 3.47. The summed E-state index contributed by atoms with van der Waals surface area (Å²) >= 11 is 0. The van der Waals surface area contributed by atoms with Crippen LogP contribution in [-0.4, -0.2) is 11.1 Å². The maximum atomic E-state index is 9.84. The van der Waals surface area contributed by atoms with Gasteiger partial charge in [0, 0.05) is 6.08 Å². The molecule has 2 nitrogen and oxygen atoms in total. The second-order valence-corrected chi connectivity index (χ2v) is 1.53. The van der Waals surface area contributed by atoms with Crippen molar-refractivity contribution in [1.82, 2.24) is 0 Å². The molecular weight excluding hydrogens is 116 g/mol. The van der Waals surface area contributed by atoms with Crippen LogP contribution in [-0.2, 0) is 4.79 Å². The first-order valence-electron chi connectivity index (χ1n) is 2.83. The van der Waals surface area contributed by atoms with Gasteiger partial charge in [-0.15, -0.1) is 0 Å². The average Bonchev–Trinajstić information content (AvgIpc) is 1.80. The van der Waals surface area contributed by atoms with Crippen molar-refractivity contribution in [1.29, 1.82) is 0 Å². The topological polar surface area (TPSA) is 37.3 Å². The van der Waals surface area contributed by atoms with E-state index in [2.05, 4.69) is 0 Å². The molecule has 0 saturated carbocycles. The Morgan fingerprint density at radius 1 is 1.56 bits per heavy atom. The molecule has 0 aromatic rings. The van der Waals surface area contributed by atoms with E-state index in [0.717, 1.165) is 12.5 Å². The van der Waals surface area contributed by atoms with Crippen LogP contribution in [0.5, 0.6) is 0 Å². The average molecular weight is 126 g/mol. The molecule has 9 heavy (non-hydrogen) atoms. The number of carboxylic acids is 1. The van der Waals surface area contributed by atoms with Gasteiger partial charge in [0.25, 0.3) is 0 Å². The third-order valence-electron chi connectivity index (χ3n) is 0.722. The van der Waals surface area contributed by atoms with Crippen LogP contribution in [0.15, 0.2) is 24.3 Å². The molecule has 0 atom stereocenters. The maximum absolute atomic E-state index is 9.84. The molecule has 0 fully saturated rings. The molecule has 50 valence electrons. The minimum Gasteiger partial charge on any atom is -0.478 e. The van der Waals surface area contributed by atoms with Gasteiger partial charge in [-0.05, 0) is 6.42 Å². The quantitative estimate of drug-likeness (QED) is 0.460. The molecule has 0 bridgehead atoms. The SMILES string of the molecule is CCC=CC=CC(=O)O. The zero-order chi connectivity index (χ0) is 7.11. The number of rotatable bonds is 3. The Morgan fingerprint density at radius 3 is 2.67 bits per heavy atom. The number of carboxylic acid groups (broad SMARTS) is 1. The van der Waals surface area contributed by atoms with E-state index < -0.39 is 5.97 Å². The van der Waals surface area contributed by atoms with E-state index in [-0.39, 0.29) is 0 Å². The van der Waals surface area contributed by atoms with Crippen molar-refractivity contribution in [2.45, 2.75) is 13.3 Å². The van der Waals surface area contributed by atoms with Crippen molar-refractivity contribution in [3.05, 3.63) is 24.3 Å². The molecule has 0 spiro atoms. The molecule has 0 aliphatic carbocycles. The summed E-state index contributed by atoms with van der Waals surface area (Å²) in [7, 11) is 0. The van der Waals surface area contributed by atoms with Crippen LogP contribution in [0.4, 0.5) is 0 Å². The molecule has 0 radical (unpaired) electrons. The van der Waals surface area contributed by atoms with Crippen LogP contribution >= 0.6 is 0 Å². The summed E-state index contributed by atoms with van der Waals surface area (Å²) in [5, 5.41) is 8.09. The summed E-state index contributed by atoms with van der Waals surface area (Å²) < 4.78 is 0. The lowest BCUT2D eigenvalue weighted by Gasteiger charge is -1.74. The second-order valence-electron chi connectivity index (χ2n) is 1.53. The second kappa shape index (κ2) is 5.09. The fourth-order valence-electron chi connectivity index (χ4n) is 0.353. The third-order valence-corrected chi connectivity index (χ3v) is 0.722. The monoisotopic (exact) mass is 126 g/mol. The van der Waals surface area contributed by atoms with E-state index >= 15 is 0 Å². The molecule has 0 rings (SSSR count). The highest BCUT2D eigenvalue weighted by atomic mass is 16.4. The minimum absolute atomic E-state index is 0.907. The predicted molar refractivity (Wildman–Crippen MR) is 36.2 cm³/mol. The lowest BCUT2D eigenvalue weighted by Crippen LogP contribution is -1.84. The van der Waals surface area contributed by atoms with Gasteiger partial charge in [-0.2, -0.15) is 0 Å². The Kier molecular flexibility index (Phi) is 4.50. The van der Waals surface area contributed by atoms with Gasteiger partial charge in [0.2, 0.25) is 0 Å². The molecule has 1 N–H and O–H groups in total. The summed E-state index contributed by atoms with van der Waals surface area (Å²) in [5.41, 5.74) is 0. The highest BCUT2D eigenvalue weighted by Gasteiger charge is 1.78. The van der Waals surface area contributed by atoms with Crippen LogP contribution < -0.4 is 0 Å². The van der Waals surface area contributed by atoms with E-state index in [9.17, 15) is 4.79 Å². The smallest absolute Gasteiger partial charge is 0.328 e. The van der Waals surface area contributed by atoms with Crippen molar-refractivity contribution >= 4 is 5.97 Å². The van der Waals surface area contributed by atoms with Gasteiger partial charge >= 0.3 is 5.97 Å². The van der Waals surface area contributed by atoms with E-state index in [0.29, 0.717) is 0 Å². The first kappa shape index (κ1) is 7.95. The van der Waals surface area contributed by atoms with Crippen LogP contribution in [0, 0.1) is 0 Å². The van der Waals surface area contributed by atoms with E-state index in [1.165, 1.54) is 6.08 Å². The lowest BCUT2D eigenvalue weighted by atomic mass is 10.4. The van der Waals surface area contributed by atoms with E-state index in [1.54, 1.807) is 6.08 Å². The van der Waals surface area contributed by atoms with Gasteiger partial charge in [0.05, 0.1) is 0 Å². The summed E-state index contributed by atoms with van der Waals surface area (Å²) in [6.07, 6.45) is 7.15. The Labute approximate surface area is 54.5 Å². The number of carbonyl (C=O) groups is 1. The van der Waals surface area contributed by atoms with Crippen LogP contribution in [0.25, 0.3) is 0 Å². The van der Waals surface area contributed by atoms with Crippen LogP contribution in [0.2, 0.25) is 0 Å². The van der Waals surface area contributed by atoms with Crippen LogP contribution in [0.3, 0.4) is 0 Å². The standard InChI is InChI=1S/C7H10O2/c1-2-3-4-5-6-7(8)9/h3-6H,2H2,1H3,(H,8,9). The molecule has 2 heteroatoms. The van der Waals surface area contributed by atoms with Crippen molar-refractivity contribution in [3.63, 3.8) is 0 Å². The van der Waals surface area contributed by atoms with Gasteiger partial charge in [0.1, 0.15) is 0 Å². The summed E-state index contributed by atoms with van der Waals surface area (Å²) in [5.74, 6) is -0.907. The summed E-state index contributed by atoms with van der Waals surface area (Å²) in [6.45, 7) is 1.99. The number of hydrogen-bond acceptors (Lipinski definition) is 1. The van der Waals surface area contributed by atoms with Crippen molar-refractivity contribution < 1.29 is 9.90 Å². The molecule has 0 amide bonds. The van der Waals surface area contributed by atoms with Gasteiger partial charge in [-0.25, -0.2) is 4.79 Å². The van der Waals surface area contributed by atoms with Crippen molar-refractivity contribution in [2.24, 2.45) is 0 Å². The fraction of sp³-hybridized carbons (Fsp3) is 0.286. The Hall–Kier alpha value is -1.05. The fourth-order valence-corrected chi connectivity index (χ4v) is 0.353. The molecular formula is C7H10O2. The first-order valence-corrected chi connectivity index (χ1v) is 2.83. The van der Waals surface area contributed by atoms with Crippen molar-refractivity contribution in [2.75, 3.05) is 0 Å². The lowest BCUT2D eigenvalue weighted by molar-refractivity contribution is -0.131. The van der Waals surface area contributed by atoms with E-state index in [4.69, 9.17) is 5.11 Å². The molecule has 0 heterocycles. The minimum atomic E-state index is -0.907. The van der Waals surface area contributed by atoms with Gasteiger partial charge in [-0.1, -0.05) is 25.2 Å². The van der Waals surface area contributed by atoms with Crippen molar-refractivity contribution in [3.8, 4) is 0 Å². The summed E-state index contributed by atoms with van der Waals surface area (Å²) in [4.78, 5) is 9.84. The van der Waals surface area contributed by atoms with Gasteiger partial charge in [-0.3, -0.25) is 0 Å². The van der Waals surface area contributed by atoms with Gasteiger partial charge < -0.3 is 5.11 Å². The zero-order valence-electron chi connectivity index (χ0n) is 5.37. The normalized spacial score (nSPS) is 11.2. The number of allylic oxidation sites excluding steroid dienone is 3. The highest BCUT2D eigenvalue weighted by molar-refractivity contribution is 5.80. The highest BCUT2D eigenvalue weighted by Crippen LogP contribution is 1.80. The number of aliphatic carboxylic acids is 1. The predicted octanol–water partition coefficient (Wildman–Crippen LogP) is 1.59. The molecule has 0 saturated heterocycles. The van der Waals surface area contributed by atoms with Gasteiger partial charge in [0.15, 0.2) is 0 Å². The number of hydrogen-bond donors (Lipinski definition) is 1. The largest absolute Gasteiger partial charge is 0.478 e. The van der Waals surface area contributed by atoms with E-state index in [1.807, 2.05) is 13.0 Å².